The first-order valence-corrected chi connectivity index (χ1v) is 30.2. The number of rotatable bonds is 18. The minimum Gasteiger partial charge on any atom is -0.508 e. The molecule has 7 rings (SSSR count). The van der Waals surface area contributed by atoms with Crippen LogP contribution in [0.15, 0.2) is 97.1 Å². The summed E-state index contributed by atoms with van der Waals surface area (Å²) in [6.07, 6.45) is -12.3. The number of carbonyl (C=O) groups excluding carboxylic acids is 7. The van der Waals surface area contributed by atoms with E-state index in [4.69, 9.17) is 4.74 Å². The molecule has 3 fully saturated rings. The smallest absolute Gasteiger partial charge is 0.251 e. The highest BCUT2D eigenvalue weighted by Crippen LogP contribution is 2.30. The van der Waals surface area contributed by atoms with Crippen LogP contribution in [0, 0.1) is 5.92 Å². The number of anilines is 1. The van der Waals surface area contributed by atoms with Crippen molar-refractivity contribution in [1.82, 2.24) is 36.4 Å². The van der Waals surface area contributed by atoms with E-state index >= 15 is 0 Å². The predicted octanol–water partition coefficient (Wildman–Crippen LogP) is -0.139. The number of nitrogens with zero attached hydrogens (tertiary/aromatic N) is 4. The second-order valence-corrected chi connectivity index (χ2v) is 24.7. The van der Waals surface area contributed by atoms with Crippen LogP contribution < -0.4 is 31.5 Å². The molecular weight excluding hydrogens is 1150 g/mol. The van der Waals surface area contributed by atoms with Crippen LogP contribution in [0.1, 0.15) is 81.8 Å². The highest BCUT2D eigenvalue weighted by Gasteiger charge is 2.50. The molecule has 3 saturated heterocycles. The van der Waals surface area contributed by atoms with Crippen LogP contribution in [-0.2, 0) is 33.5 Å². The number of aromatic hydroxyl groups is 1. The number of phenolic OH excluding ortho intramolecular Hbond substituents is 1. The number of carbonyl (C=O) groups is 7. The molecular formula is C64H88N9O16+. The van der Waals surface area contributed by atoms with Crippen molar-refractivity contribution < 1.29 is 83.6 Å². The number of ether oxygens (including phenoxy) is 1. The highest BCUT2D eigenvalue weighted by molar-refractivity contribution is 6.00. The molecule has 0 spiro atoms. The van der Waals surface area contributed by atoms with Gasteiger partial charge in [-0.1, -0.05) is 87.4 Å². The van der Waals surface area contributed by atoms with Gasteiger partial charge in [0.2, 0.25) is 35.4 Å². The maximum absolute atomic E-state index is 14.8. The van der Waals surface area contributed by atoms with Gasteiger partial charge in [0.15, 0.2) is 6.23 Å². The Morgan fingerprint density at radius 2 is 1.20 bits per heavy atom. The Balaban J connectivity index is 1.23. The molecule has 13 N–H and O–H groups in total. The van der Waals surface area contributed by atoms with Crippen molar-refractivity contribution in [3.63, 3.8) is 0 Å². The van der Waals surface area contributed by atoms with Crippen LogP contribution in [0.2, 0.25) is 0 Å². The second kappa shape index (κ2) is 30.3. The summed E-state index contributed by atoms with van der Waals surface area (Å²) in [7, 11) is 7.61. The summed E-state index contributed by atoms with van der Waals surface area (Å²) in [6.45, 7) is 6.18. The van der Waals surface area contributed by atoms with Crippen LogP contribution >= 0.6 is 0 Å². The largest absolute Gasteiger partial charge is 0.508 e. The number of likely N-dealkylation sites (N-methyl/N-ethyl adjacent to an activating group) is 1. The number of hydrogen-bond acceptors (Lipinski definition) is 17. The summed E-state index contributed by atoms with van der Waals surface area (Å²) < 4.78 is 6.45. The van der Waals surface area contributed by atoms with Gasteiger partial charge in [0.25, 0.3) is 5.91 Å². The van der Waals surface area contributed by atoms with E-state index in [0.29, 0.717) is 4.48 Å². The Morgan fingerprint density at radius 1 is 0.674 bits per heavy atom. The Hall–Kier alpha value is -7.59. The maximum atomic E-state index is 14.8. The maximum Gasteiger partial charge on any atom is 0.251 e. The van der Waals surface area contributed by atoms with Gasteiger partial charge in [-0.3, -0.25) is 33.6 Å². The molecule has 15 atom stereocenters. The van der Waals surface area contributed by atoms with Crippen molar-refractivity contribution in [3.8, 4) is 28.0 Å². The first-order chi connectivity index (χ1) is 42.1. The highest BCUT2D eigenvalue weighted by atomic mass is 16.5. The van der Waals surface area contributed by atoms with E-state index in [1.54, 1.807) is 12.1 Å². The van der Waals surface area contributed by atoms with Crippen molar-refractivity contribution in [2.24, 2.45) is 5.92 Å². The number of phenols is 1. The molecule has 3 aliphatic rings. The van der Waals surface area contributed by atoms with Crippen LogP contribution in [0.25, 0.3) is 22.3 Å². The van der Waals surface area contributed by atoms with E-state index in [0.717, 1.165) is 71.0 Å². The van der Waals surface area contributed by atoms with Gasteiger partial charge in [-0.2, -0.15) is 0 Å². The predicted molar refractivity (Wildman–Crippen MR) is 328 cm³/mol. The SMILES string of the molecule is CCCCCN(C)c1ccc(-c2ccc(-c3ccc(C(=O)N[C@H]4C[C@@H](O)[C@@H](OCC[N+](C)(C)C)NC(=O)[C@@H]5[C@@H](O)[C@@H](C)CN5C(=O)[C@H]([C@@H](C)O)NC(=O)[C@H]([C@H](O)[C@@H](O)c5ccc(O)cc5)NC(=O)[C@@H]5C[C@@H](O)CN5C(=O)[C@H]([C@@H](C)O)NC4=O)cc3)cc2)cc1. The molecule has 0 saturated carbocycles. The molecule has 25 heteroatoms. The monoisotopic (exact) mass is 1240 g/mol. The van der Waals surface area contributed by atoms with Crippen LogP contribution in [0.4, 0.5) is 5.69 Å². The molecule has 3 heterocycles. The van der Waals surface area contributed by atoms with Gasteiger partial charge in [0.1, 0.15) is 66.9 Å². The molecule has 4 aromatic rings. The Morgan fingerprint density at radius 3 is 1.75 bits per heavy atom. The van der Waals surface area contributed by atoms with Gasteiger partial charge < -0.3 is 91.4 Å². The van der Waals surface area contributed by atoms with E-state index in [1.165, 1.54) is 49.7 Å². The minimum absolute atomic E-state index is 0.0541. The fourth-order valence-corrected chi connectivity index (χ4v) is 11.2. The second-order valence-electron chi connectivity index (χ2n) is 24.7. The van der Waals surface area contributed by atoms with Gasteiger partial charge in [-0.25, -0.2) is 0 Å². The van der Waals surface area contributed by atoms with Crippen molar-refractivity contribution in [1.29, 1.82) is 0 Å². The summed E-state index contributed by atoms with van der Waals surface area (Å²) in [5.41, 5.74) is 4.72. The lowest BCUT2D eigenvalue weighted by Gasteiger charge is -2.34. The quantitative estimate of drug-likeness (QED) is 0.0456. The number of quaternary nitrogens is 1. The average molecular weight is 1240 g/mol. The molecule has 484 valence electrons. The molecule has 3 aliphatic heterocycles. The lowest BCUT2D eigenvalue weighted by molar-refractivity contribution is -0.870. The number of nitrogens with one attached hydrogen (secondary N) is 5. The molecule has 4 aromatic carbocycles. The van der Waals surface area contributed by atoms with E-state index in [9.17, 15) is 74.4 Å². The van der Waals surface area contributed by atoms with E-state index in [2.05, 4.69) is 69.7 Å². The number of hydrogen-bond donors (Lipinski definition) is 13. The zero-order valence-corrected chi connectivity index (χ0v) is 51.6. The third-order valence-electron chi connectivity index (χ3n) is 16.6. The van der Waals surface area contributed by atoms with Crippen molar-refractivity contribution in [2.75, 3.05) is 65.9 Å². The summed E-state index contributed by atoms with van der Waals surface area (Å²) in [5.74, 6) is -9.00. The minimum atomic E-state index is -2.29. The Labute approximate surface area is 518 Å². The van der Waals surface area contributed by atoms with Crippen molar-refractivity contribution >= 4 is 47.0 Å². The van der Waals surface area contributed by atoms with Gasteiger partial charge in [-0.05, 0) is 84.5 Å². The number of unbranched alkanes of at least 4 members (excludes halogenated alkanes) is 2. The molecule has 7 amide bonds. The summed E-state index contributed by atoms with van der Waals surface area (Å²) in [5, 5.41) is 103. The fourth-order valence-electron chi connectivity index (χ4n) is 11.2. The van der Waals surface area contributed by atoms with Crippen LogP contribution in [-0.4, -0.2) is 237 Å². The Kier molecular flexibility index (Phi) is 23.4. The lowest BCUT2D eigenvalue weighted by Crippen LogP contribution is -2.64. The molecule has 0 aromatic heterocycles. The molecule has 89 heavy (non-hydrogen) atoms. The Bertz CT molecular complexity index is 3070. The topological polar surface area (TPSA) is 360 Å². The number of benzene rings is 4. The normalized spacial score (nSPS) is 26.5. The summed E-state index contributed by atoms with van der Waals surface area (Å²) in [4.78, 5) is 106. The average Bonchev–Trinajstić information content (AvgIpc) is 2.82. The zero-order valence-electron chi connectivity index (χ0n) is 51.6. The third kappa shape index (κ3) is 17.4. The molecule has 25 nitrogen and oxygen atoms in total. The van der Waals surface area contributed by atoms with Gasteiger partial charge in [0.05, 0.1) is 52.2 Å². The van der Waals surface area contributed by atoms with E-state index < -0.39 is 152 Å². The molecule has 0 radical (unpaired) electrons. The first kappa shape index (κ1) is 68.9. The number of fused-ring (bicyclic) bond motifs is 2. The van der Waals surface area contributed by atoms with Crippen LogP contribution in [0.3, 0.4) is 0 Å². The van der Waals surface area contributed by atoms with Crippen LogP contribution in [0.5, 0.6) is 5.75 Å². The molecule has 0 aliphatic carbocycles. The van der Waals surface area contributed by atoms with Gasteiger partial charge in [0, 0.05) is 56.7 Å². The van der Waals surface area contributed by atoms with Gasteiger partial charge >= 0.3 is 0 Å². The zero-order chi connectivity index (χ0) is 65.2. The standard InChI is InChI=1S/C64H87N9O16/c1-9-10-11-28-70(5)44-24-20-41(21-25-44)39-14-12-38(13-15-39)40-16-18-43(19-17-40)57(82)65-47-32-49(78)62(89-30-29-73(6,7)8)69-61(86)53-54(79)35(2)33-72(53)64(88)51(37(4)75)67-60(85)52(56(81)55(80)42-22-26-45(76)27-23-42)68-59(84)48-31-46(77)34-71(48)63(87)50(36(3)74)66-58(47)83/h12-27,35-37,46-56,62,74-75,77-81H,9-11,28-34H2,1-8H3,(H5-,65,66,67,68,69,76,82,83,84,85,86)/p+1/t35-,36+,37+,46+,47-,48-,49+,50-,51-,52-,53-,54-,55-,56-,62+/m0/s1. The van der Waals surface area contributed by atoms with Crippen molar-refractivity contribution in [3.05, 3.63) is 108 Å². The lowest BCUT2D eigenvalue weighted by atomic mass is 9.96. The van der Waals surface area contributed by atoms with E-state index in [-0.39, 0.29) is 36.6 Å². The molecule has 0 unspecified atom stereocenters. The van der Waals surface area contributed by atoms with Crippen molar-refractivity contribution in [2.45, 2.75) is 145 Å². The summed E-state index contributed by atoms with van der Waals surface area (Å²) >= 11 is 0. The number of aliphatic hydroxyl groups excluding tert-OH is 7. The van der Waals surface area contributed by atoms with E-state index in [1.807, 2.05) is 45.4 Å². The summed E-state index contributed by atoms with van der Waals surface area (Å²) in [6, 6.07) is 16.0. The third-order valence-corrected chi connectivity index (χ3v) is 16.6. The van der Waals surface area contributed by atoms with Gasteiger partial charge in [-0.15, -0.1) is 0 Å². The first-order valence-electron chi connectivity index (χ1n) is 30.2. The molecule has 0 bridgehead atoms. The number of amides is 7. The number of aliphatic hydroxyl groups is 7. The fraction of sp³-hybridized carbons (Fsp3) is 0.516.